The molecule has 0 aliphatic heterocycles. The van der Waals surface area contributed by atoms with Gasteiger partial charge < -0.3 is 0 Å². The summed E-state index contributed by atoms with van der Waals surface area (Å²) in [7, 11) is 0. The van der Waals surface area contributed by atoms with Crippen molar-refractivity contribution in [1.82, 2.24) is 40.0 Å². The predicted molar refractivity (Wildman–Crippen MR) is 63.9 cm³/mol. The summed E-state index contributed by atoms with van der Waals surface area (Å²) in [6.07, 6.45) is 3.45. The Labute approximate surface area is 103 Å². The van der Waals surface area contributed by atoms with Crippen LogP contribution >= 0.6 is 0 Å². The molecule has 94 valence electrons. The van der Waals surface area contributed by atoms with Gasteiger partial charge in [0.15, 0.2) is 11.2 Å². The van der Waals surface area contributed by atoms with Crippen molar-refractivity contribution >= 4 is 16.9 Å². The number of aromatic nitrogens is 8. The van der Waals surface area contributed by atoms with Gasteiger partial charge in [0.2, 0.25) is 0 Å². The highest BCUT2D eigenvalue weighted by molar-refractivity contribution is 5.73. The van der Waals surface area contributed by atoms with E-state index in [1.165, 1.54) is 17.5 Å². The van der Waals surface area contributed by atoms with Gasteiger partial charge in [0.1, 0.15) is 0 Å². The lowest BCUT2D eigenvalue weighted by atomic mass is 10.2. The molecule has 8 nitrogen and oxygen atoms in total. The van der Waals surface area contributed by atoms with Crippen LogP contribution in [0.2, 0.25) is 0 Å². The third-order valence-corrected chi connectivity index (χ3v) is 2.88. The summed E-state index contributed by atoms with van der Waals surface area (Å²) in [6.45, 7) is 4.95. The van der Waals surface area contributed by atoms with E-state index in [0.717, 1.165) is 29.8 Å². The van der Waals surface area contributed by atoms with E-state index in [0.29, 0.717) is 5.78 Å². The number of tetrazole rings is 1. The second-order valence-corrected chi connectivity index (χ2v) is 4.27. The zero-order valence-electron chi connectivity index (χ0n) is 10.4. The molecule has 3 aromatic rings. The van der Waals surface area contributed by atoms with Crippen molar-refractivity contribution in [3.05, 3.63) is 5.69 Å². The number of hydrogen-bond donors (Lipinski definition) is 0. The van der Waals surface area contributed by atoms with Crippen LogP contribution in [0, 0.1) is 6.92 Å². The summed E-state index contributed by atoms with van der Waals surface area (Å²) < 4.78 is 3.22. The first-order valence-corrected chi connectivity index (χ1v) is 6.09. The molecule has 0 saturated heterocycles. The fraction of sp³-hybridized carbons (Fsp3) is 0.600. The molecule has 0 atom stereocenters. The molecule has 0 aromatic carbocycles. The summed E-state index contributed by atoms with van der Waals surface area (Å²) in [5.74, 6) is 0.402. The fourth-order valence-corrected chi connectivity index (χ4v) is 1.95. The second kappa shape index (κ2) is 4.28. The Balaban J connectivity index is 2.08. The van der Waals surface area contributed by atoms with Gasteiger partial charge in [0.05, 0.1) is 5.69 Å². The van der Waals surface area contributed by atoms with E-state index in [-0.39, 0.29) is 0 Å². The van der Waals surface area contributed by atoms with Gasteiger partial charge in [0.25, 0.3) is 5.78 Å². The van der Waals surface area contributed by atoms with Crippen LogP contribution in [0.1, 0.15) is 31.9 Å². The molecule has 3 heterocycles. The van der Waals surface area contributed by atoms with Crippen molar-refractivity contribution in [1.29, 1.82) is 0 Å². The molecule has 0 saturated carbocycles. The van der Waals surface area contributed by atoms with Gasteiger partial charge in [0, 0.05) is 6.54 Å². The normalized spacial score (nSPS) is 11.7. The molecule has 0 bridgehead atoms. The molecule has 8 heteroatoms. The second-order valence-electron chi connectivity index (χ2n) is 4.27. The molecule has 3 rings (SSSR count). The van der Waals surface area contributed by atoms with Crippen molar-refractivity contribution in [2.24, 2.45) is 0 Å². The first kappa shape index (κ1) is 11.0. The van der Waals surface area contributed by atoms with Gasteiger partial charge in [-0.25, -0.2) is 4.68 Å². The number of rotatable bonds is 4. The zero-order chi connectivity index (χ0) is 12.5. The monoisotopic (exact) mass is 246 g/mol. The lowest BCUT2D eigenvalue weighted by Crippen LogP contribution is -2.03. The summed E-state index contributed by atoms with van der Waals surface area (Å²) in [6, 6.07) is 0. The van der Waals surface area contributed by atoms with E-state index in [1.54, 1.807) is 0 Å². The Kier molecular flexibility index (Phi) is 2.62. The Bertz CT molecular complexity index is 682. The van der Waals surface area contributed by atoms with Gasteiger partial charge in [-0.1, -0.05) is 29.5 Å². The Hall–Kier alpha value is -2.12. The number of fused-ring (bicyclic) bond motifs is 2. The van der Waals surface area contributed by atoms with Gasteiger partial charge in [-0.3, -0.25) is 0 Å². The van der Waals surface area contributed by atoms with Crippen LogP contribution in [-0.2, 0) is 6.54 Å². The highest BCUT2D eigenvalue weighted by atomic mass is 15.6. The van der Waals surface area contributed by atoms with Crippen LogP contribution in [0.5, 0.6) is 0 Å². The van der Waals surface area contributed by atoms with E-state index in [1.807, 2.05) is 11.6 Å². The minimum Gasteiger partial charge on any atom is -0.246 e. The van der Waals surface area contributed by atoms with Crippen LogP contribution in [-0.4, -0.2) is 40.0 Å². The molecule has 3 aromatic heterocycles. The van der Waals surface area contributed by atoms with Crippen LogP contribution in [0.15, 0.2) is 0 Å². The Morgan fingerprint density at radius 1 is 1.17 bits per heavy atom. The van der Waals surface area contributed by atoms with E-state index < -0.39 is 0 Å². The van der Waals surface area contributed by atoms with Gasteiger partial charge >= 0.3 is 0 Å². The van der Waals surface area contributed by atoms with Crippen LogP contribution in [0.25, 0.3) is 16.9 Å². The average Bonchev–Trinajstić information content (AvgIpc) is 2.93. The van der Waals surface area contributed by atoms with Crippen molar-refractivity contribution in [3.63, 3.8) is 0 Å². The van der Waals surface area contributed by atoms with Crippen LogP contribution in [0.4, 0.5) is 0 Å². The first-order valence-electron chi connectivity index (χ1n) is 6.09. The molecule has 0 N–H and O–H groups in total. The lowest BCUT2D eigenvalue weighted by Gasteiger charge is -2.00. The lowest BCUT2D eigenvalue weighted by molar-refractivity contribution is 0.561. The highest BCUT2D eigenvalue weighted by Crippen LogP contribution is 2.14. The average molecular weight is 246 g/mol. The summed E-state index contributed by atoms with van der Waals surface area (Å²) in [4.78, 5) is 4.40. The number of nitrogens with zero attached hydrogens (tertiary/aromatic N) is 8. The molecule has 0 amide bonds. The topological polar surface area (TPSA) is 86.7 Å². The van der Waals surface area contributed by atoms with Crippen LogP contribution < -0.4 is 0 Å². The van der Waals surface area contributed by atoms with Crippen molar-refractivity contribution in [2.75, 3.05) is 0 Å². The Morgan fingerprint density at radius 2 is 2.06 bits per heavy atom. The Morgan fingerprint density at radius 3 is 2.89 bits per heavy atom. The maximum atomic E-state index is 4.47. The van der Waals surface area contributed by atoms with E-state index in [2.05, 4.69) is 37.6 Å². The van der Waals surface area contributed by atoms with Crippen molar-refractivity contribution < 1.29 is 0 Å². The zero-order valence-corrected chi connectivity index (χ0v) is 10.4. The first-order chi connectivity index (χ1) is 8.79. The van der Waals surface area contributed by atoms with Crippen molar-refractivity contribution in [2.45, 2.75) is 39.7 Å². The van der Waals surface area contributed by atoms with Gasteiger partial charge in [-0.2, -0.15) is 10.1 Å². The number of hydrogen-bond acceptors (Lipinski definition) is 6. The third-order valence-electron chi connectivity index (χ3n) is 2.88. The van der Waals surface area contributed by atoms with Crippen molar-refractivity contribution in [3.8, 4) is 0 Å². The summed E-state index contributed by atoms with van der Waals surface area (Å²) in [5.41, 5.74) is 2.36. The van der Waals surface area contributed by atoms with E-state index in [4.69, 9.17) is 0 Å². The maximum absolute atomic E-state index is 4.47. The molecule has 0 aliphatic rings. The maximum Gasteiger partial charge on any atom is 0.293 e. The standard InChI is InChI=1S/C10H14N8/c1-3-4-5-6-17-9-8(7(2)13-17)14-18-10(11-9)12-15-16-18/h3-6H2,1-2H3. The minimum atomic E-state index is 0.402. The molecule has 0 unspecified atom stereocenters. The summed E-state index contributed by atoms with van der Waals surface area (Å²) >= 11 is 0. The molecular weight excluding hydrogens is 232 g/mol. The molecular formula is C10H14N8. The molecule has 0 spiro atoms. The van der Waals surface area contributed by atoms with Gasteiger partial charge in [-0.05, 0) is 23.8 Å². The minimum absolute atomic E-state index is 0.402. The predicted octanol–water partition coefficient (Wildman–Crippen LogP) is 0.763. The fourth-order valence-electron chi connectivity index (χ4n) is 1.95. The van der Waals surface area contributed by atoms with E-state index >= 15 is 0 Å². The molecule has 0 aliphatic carbocycles. The number of unbranched alkanes of at least 4 members (excludes halogenated alkanes) is 2. The molecule has 0 radical (unpaired) electrons. The molecule has 18 heavy (non-hydrogen) atoms. The number of aryl methyl sites for hydroxylation is 2. The summed E-state index contributed by atoms with van der Waals surface area (Å²) in [5, 5.41) is 19.9. The van der Waals surface area contributed by atoms with Gasteiger partial charge in [-0.15, -0.1) is 5.10 Å². The highest BCUT2D eigenvalue weighted by Gasteiger charge is 2.13. The smallest absolute Gasteiger partial charge is 0.246 e. The molecule has 0 fully saturated rings. The van der Waals surface area contributed by atoms with Crippen LogP contribution in [0.3, 0.4) is 0 Å². The SMILES string of the molecule is CCCCCn1nc(C)c2nn3nnnc3nc21. The third kappa shape index (κ3) is 1.69. The van der Waals surface area contributed by atoms with E-state index in [9.17, 15) is 0 Å². The largest absolute Gasteiger partial charge is 0.293 e. The quantitative estimate of drug-likeness (QED) is 0.632.